The number of urea groups is 1. The van der Waals surface area contributed by atoms with Gasteiger partial charge in [0.15, 0.2) is 0 Å². The molecule has 0 saturated carbocycles. The van der Waals surface area contributed by atoms with Crippen LogP contribution in [0.2, 0.25) is 0 Å². The van der Waals surface area contributed by atoms with Crippen molar-refractivity contribution in [3.05, 3.63) is 35.5 Å². The minimum atomic E-state index is -1.25. The zero-order chi connectivity index (χ0) is 17.0. The molecule has 7 nitrogen and oxygen atoms in total. The van der Waals surface area contributed by atoms with Gasteiger partial charge in [-0.3, -0.25) is 9.59 Å². The number of ether oxygens (including phenoxy) is 1. The summed E-state index contributed by atoms with van der Waals surface area (Å²) >= 11 is 0. The fourth-order valence-corrected chi connectivity index (χ4v) is 1.98. The number of carboxylic acids is 1. The Bertz CT molecular complexity index is 651. The first-order valence-electron chi connectivity index (χ1n) is 7.23. The van der Waals surface area contributed by atoms with Gasteiger partial charge in [0.1, 0.15) is 18.0 Å². The smallest absolute Gasteiger partial charge is 0.329 e. The molecule has 0 aliphatic carbocycles. The second kappa shape index (κ2) is 6.95. The van der Waals surface area contributed by atoms with Crippen molar-refractivity contribution < 1.29 is 24.2 Å². The van der Waals surface area contributed by atoms with Crippen molar-refractivity contribution >= 4 is 24.0 Å². The minimum absolute atomic E-state index is 0.0480. The van der Waals surface area contributed by atoms with E-state index >= 15 is 0 Å². The van der Waals surface area contributed by atoms with Gasteiger partial charge in [-0.2, -0.15) is 0 Å². The molecule has 122 valence electrons. The molecule has 1 saturated heterocycles. The third-order valence-electron chi connectivity index (χ3n) is 3.36. The normalized spacial score (nSPS) is 17.3. The van der Waals surface area contributed by atoms with Crippen LogP contribution in [-0.2, 0) is 9.59 Å². The molecule has 0 spiro atoms. The van der Waals surface area contributed by atoms with E-state index in [4.69, 9.17) is 9.84 Å². The molecule has 1 aromatic carbocycles. The van der Waals surface area contributed by atoms with Gasteiger partial charge in [0.2, 0.25) is 0 Å². The highest BCUT2D eigenvalue weighted by Gasteiger charge is 2.34. The number of rotatable bonds is 6. The standard InChI is InChI=1S/C16H18N2O5/c1-3-10(2)23-12-6-4-11(5-7-12)8-13-15(21)18(9-14(19)20)16(22)17-13/h4-8,10H,3,9H2,1-2H3,(H,17,22)(H,19,20)/b13-8+/t10-/m1/s1. The van der Waals surface area contributed by atoms with Crippen LogP contribution in [0.1, 0.15) is 25.8 Å². The first kappa shape index (κ1) is 16.5. The monoisotopic (exact) mass is 318 g/mol. The highest BCUT2D eigenvalue weighted by Crippen LogP contribution is 2.18. The summed E-state index contributed by atoms with van der Waals surface area (Å²) in [6.07, 6.45) is 2.50. The van der Waals surface area contributed by atoms with Crippen molar-refractivity contribution in [1.82, 2.24) is 10.2 Å². The van der Waals surface area contributed by atoms with Gasteiger partial charge < -0.3 is 15.2 Å². The second-order valence-electron chi connectivity index (χ2n) is 5.18. The van der Waals surface area contributed by atoms with Crippen LogP contribution in [0.25, 0.3) is 6.08 Å². The molecule has 1 heterocycles. The maximum Gasteiger partial charge on any atom is 0.329 e. The fraction of sp³-hybridized carbons (Fsp3) is 0.312. The molecule has 0 radical (unpaired) electrons. The summed E-state index contributed by atoms with van der Waals surface area (Å²) in [6, 6.07) is 6.32. The number of hydrogen-bond donors (Lipinski definition) is 2. The Morgan fingerprint density at radius 1 is 1.35 bits per heavy atom. The Labute approximate surface area is 133 Å². The van der Waals surface area contributed by atoms with Crippen LogP contribution in [0.3, 0.4) is 0 Å². The van der Waals surface area contributed by atoms with Gasteiger partial charge in [-0.25, -0.2) is 9.69 Å². The molecule has 0 bridgehead atoms. The van der Waals surface area contributed by atoms with Crippen molar-refractivity contribution in [2.45, 2.75) is 26.4 Å². The molecule has 1 fully saturated rings. The van der Waals surface area contributed by atoms with Crippen molar-refractivity contribution in [2.24, 2.45) is 0 Å². The Balaban J connectivity index is 2.11. The summed E-state index contributed by atoms with van der Waals surface area (Å²) in [4.78, 5) is 34.9. The fourth-order valence-electron chi connectivity index (χ4n) is 1.98. The number of benzene rings is 1. The molecular formula is C16H18N2O5. The van der Waals surface area contributed by atoms with Crippen LogP contribution >= 0.6 is 0 Å². The summed E-state index contributed by atoms with van der Waals surface area (Å²) < 4.78 is 5.66. The predicted molar refractivity (Wildman–Crippen MR) is 82.7 cm³/mol. The maximum absolute atomic E-state index is 12.0. The van der Waals surface area contributed by atoms with E-state index in [1.807, 2.05) is 13.8 Å². The van der Waals surface area contributed by atoms with E-state index in [2.05, 4.69) is 5.32 Å². The maximum atomic E-state index is 12.0. The van der Waals surface area contributed by atoms with E-state index < -0.39 is 24.5 Å². The SMILES string of the molecule is CC[C@@H](C)Oc1ccc(/C=C2/NC(=O)N(CC(=O)O)C2=O)cc1. The lowest BCUT2D eigenvalue weighted by Crippen LogP contribution is -2.35. The number of aliphatic carboxylic acids is 1. The molecule has 23 heavy (non-hydrogen) atoms. The average Bonchev–Trinajstić information content (AvgIpc) is 2.76. The molecule has 1 aromatic rings. The molecule has 2 N–H and O–H groups in total. The summed E-state index contributed by atoms with van der Waals surface area (Å²) in [5.41, 5.74) is 0.745. The summed E-state index contributed by atoms with van der Waals surface area (Å²) in [5, 5.41) is 11.1. The van der Waals surface area contributed by atoms with Crippen molar-refractivity contribution in [3.63, 3.8) is 0 Å². The zero-order valence-corrected chi connectivity index (χ0v) is 12.9. The average molecular weight is 318 g/mol. The topological polar surface area (TPSA) is 95.9 Å². The number of imide groups is 1. The van der Waals surface area contributed by atoms with Crippen LogP contribution in [0.4, 0.5) is 4.79 Å². The number of amides is 3. The van der Waals surface area contributed by atoms with E-state index in [0.29, 0.717) is 10.5 Å². The lowest BCUT2D eigenvalue weighted by molar-refractivity contribution is -0.140. The van der Waals surface area contributed by atoms with E-state index in [0.717, 1.165) is 12.2 Å². The number of carbonyl (C=O) groups is 3. The van der Waals surface area contributed by atoms with Gasteiger partial charge in [0, 0.05) is 0 Å². The van der Waals surface area contributed by atoms with Gasteiger partial charge in [-0.05, 0) is 37.1 Å². The van der Waals surface area contributed by atoms with Crippen LogP contribution in [0.5, 0.6) is 5.75 Å². The molecule has 0 aromatic heterocycles. The molecule has 1 aliphatic heterocycles. The summed E-state index contributed by atoms with van der Waals surface area (Å²) in [7, 11) is 0. The Morgan fingerprint density at radius 3 is 2.57 bits per heavy atom. The summed E-state index contributed by atoms with van der Waals surface area (Å²) in [6.45, 7) is 3.34. The zero-order valence-electron chi connectivity index (χ0n) is 12.9. The van der Waals surface area contributed by atoms with Gasteiger partial charge in [0.25, 0.3) is 5.91 Å². The number of nitrogens with one attached hydrogen (secondary N) is 1. The van der Waals surface area contributed by atoms with Crippen LogP contribution < -0.4 is 10.1 Å². The lowest BCUT2D eigenvalue weighted by Gasteiger charge is -2.12. The third-order valence-corrected chi connectivity index (χ3v) is 3.36. The Hall–Kier alpha value is -2.83. The Kier molecular flexibility index (Phi) is 5.00. The largest absolute Gasteiger partial charge is 0.491 e. The Morgan fingerprint density at radius 2 is 2.00 bits per heavy atom. The first-order valence-corrected chi connectivity index (χ1v) is 7.23. The molecule has 1 atom stereocenters. The van der Waals surface area contributed by atoms with Gasteiger partial charge in [-0.15, -0.1) is 0 Å². The highest BCUT2D eigenvalue weighted by atomic mass is 16.5. The molecule has 7 heteroatoms. The van der Waals surface area contributed by atoms with Gasteiger partial charge in [0.05, 0.1) is 6.10 Å². The van der Waals surface area contributed by atoms with Gasteiger partial charge >= 0.3 is 12.0 Å². The van der Waals surface area contributed by atoms with Crippen molar-refractivity contribution in [1.29, 1.82) is 0 Å². The third kappa shape index (κ3) is 4.09. The second-order valence-corrected chi connectivity index (χ2v) is 5.18. The molecular weight excluding hydrogens is 300 g/mol. The number of carbonyl (C=O) groups excluding carboxylic acids is 2. The van der Waals surface area contributed by atoms with Crippen molar-refractivity contribution in [3.8, 4) is 5.75 Å². The number of hydrogen-bond acceptors (Lipinski definition) is 4. The van der Waals surface area contributed by atoms with E-state index in [9.17, 15) is 14.4 Å². The van der Waals surface area contributed by atoms with E-state index in [-0.39, 0.29) is 11.8 Å². The molecule has 1 aliphatic rings. The van der Waals surface area contributed by atoms with Crippen molar-refractivity contribution in [2.75, 3.05) is 6.54 Å². The van der Waals surface area contributed by atoms with Gasteiger partial charge in [-0.1, -0.05) is 19.1 Å². The quantitative estimate of drug-likeness (QED) is 0.616. The highest BCUT2D eigenvalue weighted by molar-refractivity contribution is 6.15. The molecule has 2 rings (SSSR count). The number of carboxylic acid groups (broad SMARTS) is 1. The number of nitrogens with zero attached hydrogens (tertiary/aromatic N) is 1. The first-order chi connectivity index (χ1) is 10.9. The minimum Gasteiger partial charge on any atom is -0.491 e. The van der Waals surface area contributed by atoms with E-state index in [1.165, 1.54) is 6.08 Å². The lowest BCUT2D eigenvalue weighted by atomic mass is 10.2. The molecule has 0 unspecified atom stereocenters. The van der Waals surface area contributed by atoms with E-state index in [1.54, 1.807) is 24.3 Å². The summed E-state index contributed by atoms with van der Waals surface area (Å²) in [5.74, 6) is -1.19. The van der Waals surface area contributed by atoms with Crippen LogP contribution in [0, 0.1) is 0 Å². The van der Waals surface area contributed by atoms with Crippen LogP contribution in [0.15, 0.2) is 30.0 Å². The van der Waals surface area contributed by atoms with Crippen LogP contribution in [-0.4, -0.2) is 40.6 Å². The predicted octanol–water partition coefficient (Wildman–Crippen LogP) is 1.84. The molecule has 3 amide bonds.